The fourth-order valence-corrected chi connectivity index (χ4v) is 2.00. The molecular formula is C9H7ClN2O2S. The largest absolute Gasteiger partial charge is 0.286 e. The highest BCUT2D eigenvalue weighted by atomic mass is 35.5. The second kappa shape index (κ2) is 3.75. The van der Waals surface area contributed by atoms with E-state index in [1.165, 1.54) is 6.26 Å². The zero-order chi connectivity index (χ0) is 11.0. The van der Waals surface area contributed by atoms with Gasteiger partial charge in [-0.15, -0.1) is 0 Å². The van der Waals surface area contributed by atoms with E-state index in [4.69, 9.17) is 11.6 Å². The van der Waals surface area contributed by atoms with Gasteiger partial charge in [0.25, 0.3) is 0 Å². The molecule has 1 heterocycles. The van der Waals surface area contributed by atoms with Crippen molar-refractivity contribution in [2.75, 3.05) is 6.26 Å². The summed E-state index contributed by atoms with van der Waals surface area (Å²) in [6.07, 6.45) is 1.42. The van der Waals surface area contributed by atoms with Gasteiger partial charge < -0.3 is 0 Å². The molecule has 0 aliphatic heterocycles. The zero-order valence-electron chi connectivity index (χ0n) is 7.78. The van der Waals surface area contributed by atoms with Crippen molar-refractivity contribution in [3.8, 4) is 0 Å². The normalized spacial score (nSPS) is 12.9. The number of aromatic amines is 1. The quantitative estimate of drug-likeness (QED) is 0.820. The molecule has 4 nitrogen and oxygen atoms in total. The molecule has 1 aromatic carbocycles. The van der Waals surface area contributed by atoms with Crippen LogP contribution in [0, 0.1) is 0 Å². The predicted molar refractivity (Wildman–Crippen MR) is 59.7 cm³/mol. The van der Waals surface area contributed by atoms with E-state index in [0.717, 1.165) is 0 Å². The number of benzene rings is 1. The van der Waals surface area contributed by atoms with Gasteiger partial charge in [0, 0.05) is 11.3 Å². The van der Waals surface area contributed by atoms with Crippen LogP contribution in [0.5, 0.6) is 0 Å². The molecule has 1 unspecified atom stereocenters. The van der Waals surface area contributed by atoms with E-state index in [0.29, 0.717) is 15.9 Å². The summed E-state index contributed by atoms with van der Waals surface area (Å²) in [6.45, 7) is 0. The van der Waals surface area contributed by atoms with E-state index in [2.05, 4.69) is 10.2 Å². The van der Waals surface area contributed by atoms with Gasteiger partial charge in [-0.3, -0.25) is 14.1 Å². The van der Waals surface area contributed by atoms with Crippen molar-refractivity contribution in [2.24, 2.45) is 0 Å². The summed E-state index contributed by atoms with van der Waals surface area (Å²) in [7, 11) is -1.39. The van der Waals surface area contributed by atoms with Crippen LogP contribution in [0.1, 0.15) is 0 Å². The molecule has 0 saturated carbocycles. The number of aromatic nitrogens is 2. The van der Waals surface area contributed by atoms with Gasteiger partial charge in [-0.05, 0) is 18.2 Å². The number of fused-ring (bicyclic) bond motifs is 1. The first-order valence-electron chi connectivity index (χ1n) is 4.11. The Hall–Kier alpha value is -1.20. The van der Waals surface area contributed by atoms with Crippen LogP contribution in [0.3, 0.4) is 0 Å². The van der Waals surface area contributed by atoms with Crippen LogP contribution in [0.2, 0.25) is 5.02 Å². The first kappa shape index (κ1) is 10.3. The van der Waals surface area contributed by atoms with Crippen molar-refractivity contribution < 1.29 is 4.21 Å². The number of hydrogen-bond acceptors (Lipinski definition) is 3. The lowest BCUT2D eigenvalue weighted by atomic mass is 10.2. The highest BCUT2D eigenvalue weighted by Gasteiger charge is 2.09. The van der Waals surface area contributed by atoms with Gasteiger partial charge in [-0.2, -0.15) is 5.10 Å². The molecule has 0 aliphatic carbocycles. The SMILES string of the molecule is CS(=O)c1n[nH]c2cc(Cl)ccc2c1=O. The topological polar surface area (TPSA) is 62.8 Å². The Morgan fingerprint density at radius 2 is 2.20 bits per heavy atom. The van der Waals surface area contributed by atoms with Crippen molar-refractivity contribution in [1.82, 2.24) is 10.2 Å². The molecule has 0 fully saturated rings. The zero-order valence-corrected chi connectivity index (χ0v) is 9.35. The number of nitrogens with zero attached hydrogens (tertiary/aromatic N) is 1. The van der Waals surface area contributed by atoms with E-state index >= 15 is 0 Å². The van der Waals surface area contributed by atoms with E-state index in [9.17, 15) is 9.00 Å². The van der Waals surface area contributed by atoms with Crippen molar-refractivity contribution in [3.63, 3.8) is 0 Å². The smallest absolute Gasteiger partial charge is 0.224 e. The maximum Gasteiger partial charge on any atom is 0.224 e. The molecule has 78 valence electrons. The second-order valence-corrected chi connectivity index (χ2v) is 4.73. The van der Waals surface area contributed by atoms with E-state index < -0.39 is 10.8 Å². The van der Waals surface area contributed by atoms with E-state index in [-0.39, 0.29) is 10.5 Å². The molecule has 1 N–H and O–H groups in total. The molecule has 1 atom stereocenters. The molecule has 15 heavy (non-hydrogen) atoms. The minimum Gasteiger partial charge on any atom is -0.286 e. The summed E-state index contributed by atoms with van der Waals surface area (Å²) in [5.41, 5.74) is 0.225. The van der Waals surface area contributed by atoms with Gasteiger partial charge in [-0.1, -0.05) is 11.6 Å². The lowest BCUT2D eigenvalue weighted by Gasteiger charge is -1.99. The summed E-state index contributed by atoms with van der Waals surface area (Å²) < 4.78 is 11.2. The average Bonchev–Trinajstić information content (AvgIpc) is 2.17. The summed E-state index contributed by atoms with van der Waals surface area (Å²) in [4.78, 5) is 11.8. The maximum atomic E-state index is 11.8. The Kier molecular flexibility index (Phi) is 2.58. The minimum atomic E-state index is -1.39. The molecule has 2 aromatic rings. The molecule has 0 bridgehead atoms. The Labute approximate surface area is 92.7 Å². The lowest BCUT2D eigenvalue weighted by Crippen LogP contribution is -2.13. The molecule has 2 rings (SSSR count). The Morgan fingerprint density at radius 3 is 2.87 bits per heavy atom. The molecule has 0 saturated heterocycles. The third-order valence-corrected chi connectivity index (χ3v) is 3.03. The Bertz CT molecular complexity index is 609. The van der Waals surface area contributed by atoms with Crippen LogP contribution in [-0.2, 0) is 10.8 Å². The number of hydrogen-bond donors (Lipinski definition) is 1. The Balaban J connectivity index is 2.86. The molecule has 0 spiro atoms. The molecule has 0 radical (unpaired) electrons. The van der Waals surface area contributed by atoms with Gasteiger partial charge in [0.1, 0.15) is 0 Å². The Morgan fingerprint density at radius 1 is 1.47 bits per heavy atom. The van der Waals surface area contributed by atoms with E-state index in [1.54, 1.807) is 18.2 Å². The molecule has 1 aromatic heterocycles. The summed E-state index contributed by atoms with van der Waals surface area (Å²) in [5.74, 6) is 0. The number of rotatable bonds is 1. The second-order valence-electron chi connectivity index (χ2n) is 3.00. The van der Waals surface area contributed by atoms with Gasteiger partial charge in [0.2, 0.25) is 5.43 Å². The number of halogens is 1. The van der Waals surface area contributed by atoms with Gasteiger partial charge in [-0.25, -0.2) is 0 Å². The molecule has 0 amide bonds. The highest BCUT2D eigenvalue weighted by Crippen LogP contribution is 2.14. The van der Waals surface area contributed by atoms with Crippen LogP contribution >= 0.6 is 11.6 Å². The van der Waals surface area contributed by atoms with Gasteiger partial charge >= 0.3 is 0 Å². The van der Waals surface area contributed by atoms with Crippen molar-refractivity contribution >= 4 is 33.3 Å². The van der Waals surface area contributed by atoms with Crippen molar-refractivity contribution in [2.45, 2.75) is 5.03 Å². The van der Waals surface area contributed by atoms with Crippen LogP contribution in [0.15, 0.2) is 28.0 Å². The van der Waals surface area contributed by atoms with Crippen molar-refractivity contribution in [3.05, 3.63) is 33.4 Å². The summed E-state index contributed by atoms with van der Waals surface area (Å²) >= 11 is 5.76. The van der Waals surface area contributed by atoms with Gasteiger partial charge in [0.15, 0.2) is 5.03 Å². The van der Waals surface area contributed by atoms with Crippen molar-refractivity contribution in [1.29, 1.82) is 0 Å². The van der Waals surface area contributed by atoms with E-state index in [1.807, 2.05) is 0 Å². The van der Waals surface area contributed by atoms with Gasteiger partial charge in [0.05, 0.1) is 21.7 Å². The van der Waals surface area contributed by atoms with Crippen LogP contribution < -0.4 is 5.43 Å². The average molecular weight is 243 g/mol. The first-order valence-corrected chi connectivity index (χ1v) is 6.04. The predicted octanol–water partition coefficient (Wildman–Crippen LogP) is 1.31. The number of H-pyrrole nitrogens is 1. The fourth-order valence-electron chi connectivity index (χ4n) is 1.28. The maximum absolute atomic E-state index is 11.8. The monoisotopic (exact) mass is 242 g/mol. The summed E-state index contributed by atoms with van der Waals surface area (Å²) in [5, 5.41) is 7.40. The molecule has 0 aliphatic rings. The molecule has 6 heteroatoms. The molecular weight excluding hydrogens is 236 g/mol. The third-order valence-electron chi connectivity index (χ3n) is 1.97. The van der Waals surface area contributed by atoms with Crippen LogP contribution in [0.25, 0.3) is 10.9 Å². The van der Waals surface area contributed by atoms with Crippen LogP contribution in [-0.4, -0.2) is 20.7 Å². The third kappa shape index (κ3) is 1.80. The summed E-state index contributed by atoms with van der Waals surface area (Å²) in [6, 6.07) is 4.81. The standard InChI is InChI=1S/C9H7ClN2O2S/c1-15(14)9-8(13)6-3-2-5(10)4-7(6)11-12-9/h2-4H,1H3,(H,11,13). The highest BCUT2D eigenvalue weighted by molar-refractivity contribution is 7.84. The fraction of sp³-hybridized carbons (Fsp3) is 0.111. The first-order chi connectivity index (χ1) is 7.09. The minimum absolute atomic E-state index is 0.0322. The lowest BCUT2D eigenvalue weighted by molar-refractivity contribution is 0.681. The number of nitrogens with one attached hydrogen (secondary N) is 1. The van der Waals surface area contributed by atoms with Crippen LogP contribution in [0.4, 0.5) is 0 Å².